The predicted molar refractivity (Wildman–Crippen MR) is 97.5 cm³/mol. The standard InChI is InChI=1S/C19H25FN4O2/c1-15-21-7-6-19(22-15)24-10-8-23(9-11-24)12-17(25)14-26-13-16-4-2-3-5-18(16)20/h2-7,17,25H,8-14H2,1H3. The first-order chi connectivity index (χ1) is 12.6. The number of hydrogen-bond acceptors (Lipinski definition) is 6. The molecule has 1 aromatic heterocycles. The average molecular weight is 360 g/mol. The number of aliphatic hydroxyl groups is 1. The van der Waals surface area contributed by atoms with E-state index >= 15 is 0 Å². The summed E-state index contributed by atoms with van der Waals surface area (Å²) < 4.78 is 19.0. The molecule has 1 aromatic carbocycles. The molecule has 0 aliphatic carbocycles. The smallest absolute Gasteiger partial charge is 0.132 e. The van der Waals surface area contributed by atoms with Gasteiger partial charge >= 0.3 is 0 Å². The van der Waals surface area contributed by atoms with Gasteiger partial charge in [0.25, 0.3) is 0 Å². The molecule has 0 bridgehead atoms. The highest BCUT2D eigenvalue weighted by Crippen LogP contribution is 2.13. The molecule has 1 aliphatic rings. The summed E-state index contributed by atoms with van der Waals surface area (Å²) in [5.41, 5.74) is 0.508. The third kappa shape index (κ3) is 5.20. The molecule has 26 heavy (non-hydrogen) atoms. The summed E-state index contributed by atoms with van der Waals surface area (Å²) in [5, 5.41) is 10.2. The molecule has 140 valence electrons. The Kier molecular flexibility index (Phi) is 6.49. The van der Waals surface area contributed by atoms with Crippen LogP contribution in [0.5, 0.6) is 0 Å². The molecule has 0 spiro atoms. The number of benzene rings is 1. The number of nitrogens with zero attached hydrogens (tertiary/aromatic N) is 4. The first-order valence-electron chi connectivity index (χ1n) is 8.88. The van der Waals surface area contributed by atoms with Gasteiger partial charge in [0.15, 0.2) is 0 Å². The van der Waals surface area contributed by atoms with Crippen molar-refractivity contribution in [3.05, 3.63) is 53.7 Å². The van der Waals surface area contributed by atoms with Gasteiger partial charge in [0.1, 0.15) is 17.5 Å². The second-order valence-electron chi connectivity index (χ2n) is 6.51. The fourth-order valence-electron chi connectivity index (χ4n) is 3.05. The minimum Gasteiger partial charge on any atom is -0.389 e. The molecule has 1 aliphatic heterocycles. The van der Waals surface area contributed by atoms with Crippen molar-refractivity contribution >= 4 is 5.82 Å². The molecule has 0 radical (unpaired) electrons. The normalized spacial score (nSPS) is 16.7. The second kappa shape index (κ2) is 9.02. The summed E-state index contributed by atoms with van der Waals surface area (Å²) in [7, 11) is 0. The van der Waals surface area contributed by atoms with Crippen molar-refractivity contribution in [1.29, 1.82) is 0 Å². The molecule has 7 heteroatoms. The number of halogens is 1. The molecule has 1 atom stereocenters. The van der Waals surface area contributed by atoms with E-state index < -0.39 is 6.10 Å². The van der Waals surface area contributed by atoms with Gasteiger partial charge in [-0.1, -0.05) is 18.2 Å². The van der Waals surface area contributed by atoms with Crippen LogP contribution in [0.15, 0.2) is 36.5 Å². The molecule has 1 N–H and O–H groups in total. The number of ether oxygens (including phenoxy) is 1. The third-order valence-electron chi connectivity index (χ3n) is 4.45. The molecule has 6 nitrogen and oxygen atoms in total. The summed E-state index contributed by atoms with van der Waals surface area (Å²) in [4.78, 5) is 13.0. The lowest BCUT2D eigenvalue weighted by Gasteiger charge is -2.36. The van der Waals surface area contributed by atoms with Gasteiger partial charge in [-0.05, 0) is 19.1 Å². The van der Waals surface area contributed by atoms with Crippen LogP contribution in [0.25, 0.3) is 0 Å². The lowest BCUT2D eigenvalue weighted by Crippen LogP contribution is -2.49. The van der Waals surface area contributed by atoms with Gasteiger partial charge in [-0.3, -0.25) is 4.90 Å². The van der Waals surface area contributed by atoms with E-state index in [2.05, 4.69) is 19.8 Å². The van der Waals surface area contributed by atoms with Crippen LogP contribution in [0.4, 0.5) is 10.2 Å². The van der Waals surface area contributed by atoms with Crippen LogP contribution >= 0.6 is 0 Å². The van der Waals surface area contributed by atoms with E-state index in [0.29, 0.717) is 12.1 Å². The van der Waals surface area contributed by atoms with Gasteiger partial charge in [0.2, 0.25) is 0 Å². The maximum atomic E-state index is 13.5. The molecule has 1 unspecified atom stereocenters. The molecule has 1 fully saturated rings. The monoisotopic (exact) mass is 360 g/mol. The summed E-state index contributed by atoms with van der Waals surface area (Å²) in [6.45, 7) is 6.23. The highest BCUT2D eigenvalue weighted by molar-refractivity contribution is 5.37. The number of aliphatic hydroxyl groups excluding tert-OH is 1. The Morgan fingerprint density at radius 3 is 2.69 bits per heavy atom. The first kappa shape index (κ1) is 18.7. The Bertz CT molecular complexity index is 707. The zero-order chi connectivity index (χ0) is 18.4. The molecule has 2 aromatic rings. The number of anilines is 1. The lowest BCUT2D eigenvalue weighted by atomic mass is 10.2. The summed E-state index contributed by atoms with van der Waals surface area (Å²) >= 11 is 0. The van der Waals surface area contributed by atoms with Gasteiger partial charge in [0.05, 0.1) is 19.3 Å². The van der Waals surface area contributed by atoms with Crippen molar-refractivity contribution in [2.45, 2.75) is 19.6 Å². The maximum Gasteiger partial charge on any atom is 0.132 e. The largest absolute Gasteiger partial charge is 0.389 e. The first-order valence-corrected chi connectivity index (χ1v) is 8.88. The highest BCUT2D eigenvalue weighted by Gasteiger charge is 2.20. The fraction of sp³-hybridized carbons (Fsp3) is 0.474. The highest BCUT2D eigenvalue weighted by atomic mass is 19.1. The minimum atomic E-state index is -0.588. The Hall–Kier alpha value is -2.09. The Morgan fingerprint density at radius 2 is 1.96 bits per heavy atom. The van der Waals surface area contributed by atoms with Gasteiger partial charge in [-0.2, -0.15) is 0 Å². The zero-order valence-corrected chi connectivity index (χ0v) is 15.0. The van der Waals surface area contributed by atoms with Gasteiger partial charge < -0.3 is 14.7 Å². The number of β-amino-alcohol motifs (C(OH)–C–C–N with tert-alkyl or cyclic N) is 1. The Balaban J connectivity index is 1.38. The number of aryl methyl sites for hydroxylation is 1. The number of rotatable bonds is 7. The van der Waals surface area contributed by atoms with Crippen LogP contribution in [0, 0.1) is 12.7 Å². The maximum absolute atomic E-state index is 13.5. The summed E-state index contributed by atoms with van der Waals surface area (Å²) in [6.07, 6.45) is 1.19. The number of hydrogen-bond donors (Lipinski definition) is 1. The summed E-state index contributed by atoms with van der Waals surface area (Å²) in [5.74, 6) is 1.44. The van der Waals surface area contributed by atoms with Crippen LogP contribution in [0.1, 0.15) is 11.4 Å². The van der Waals surface area contributed by atoms with Gasteiger partial charge in [-0.15, -0.1) is 0 Å². The molecular formula is C19H25FN4O2. The molecule has 0 amide bonds. The summed E-state index contributed by atoms with van der Waals surface area (Å²) in [6, 6.07) is 8.45. The van der Waals surface area contributed by atoms with Crippen molar-refractivity contribution in [3.8, 4) is 0 Å². The van der Waals surface area contributed by atoms with E-state index in [1.54, 1.807) is 24.4 Å². The van der Waals surface area contributed by atoms with E-state index in [0.717, 1.165) is 37.8 Å². The van der Waals surface area contributed by atoms with E-state index in [1.165, 1.54) is 6.07 Å². The van der Waals surface area contributed by atoms with Crippen LogP contribution in [0.2, 0.25) is 0 Å². The second-order valence-corrected chi connectivity index (χ2v) is 6.51. The van der Waals surface area contributed by atoms with E-state index in [-0.39, 0.29) is 19.0 Å². The van der Waals surface area contributed by atoms with Crippen molar-refractivity contribution < 1.29 is 14.2 Å². The van der Waals surface area contributed by atoms with Gasteiger partial charge in [0, 0.05) is 44.5 Å². The molecule has 2 heterocycles. The topological polar surface area (TPSA) is 61.7 Å². The van der Waals surface area contributed by atoms with E-state index in [9.17, 15) is 9.50 Å². The van der Waals surface area contributed by atoms with Crippen molar-refractivity contribution in [2.75, 3.05) is 44.2 Å². The Morgan fingerprint density at radius 1 is 1.19 bits per heavy atom. The van der Waals surface area contributed by atoms with Crippen LogP contribution in [0.3, 0.4) is 0 Å². The van der Waals surface area contributed by atoms with Crippen LogP contribution in [-0.2, 0) is 11.3 Å². The molecule has 3 rings (SSSR count). The minimum absolute atomic E-state index is 0.171. The number of piperazine rings is 1. The zero-order valence-electron chi connectivity index (χ0n) is 15.0. The SMILES string of the molecule is Cc1nccc(N2CCN(CC(O)COCc3ccccc3F)CC2)n1. The molecule has 1 saturated heterocycles. The van der Waals surface area contributed by atoms with Crippen LogP contribution < -0.4 is 4.90 Å². The van der Waals surface area contributed by atoms with Gasteiger partial charge in [-0.25, -0.2) is 14.4 Å². The molecular weight excluding hydrogens is 335 g/mol. The Labute approximate surface area is 153 Å². The fourth-order valence-corrected chi connectivity index (χ4v) is 3.05. The van der Waals surface area contributed by atoms with E-state index in [4.69, 9.17) is 4.74 Å². The quantitative estimate of drug-likeness (QED) is 0.810. The van der Waals surface area contributed by atoms with E-state index in [1.807, 2.05) is 13.0 Å². The van der Waals surface area contributed by atoms with Crippen molar-refractivity contribution in [2.24, 2.45) is 0 Å². The number of aromatic nitrogens is 2. The lowest BCUT2D eigenvalue weighted by molar-refractivity contribution is 0.00837. The third-order valence-corrected chi connectivity index (χ3v) is 4.45. The molecule has 0 saturated carbocycles. The predicted octanol–water partition coefficient (Wildman–Crippen LogP) is 1.62. The average Bonchev–Trinajstić information content (AvgIpc) is 2.64. The van der Waals surface area contributed by atoms with Crippen molar-refractivity contribution in [1.82, 2.24) is 14.9 Å². The van der Waals surface area contributed by atoms with Crippen molar-refractivity contribution in [3.63, 3.8) is 0 Å². The van der Waals surface area contributed by atoms with Crippen LogP contribution in [-0.4, -0.2) is 65.4 Å².